The van der Waals surface area contributed by atoms with Crippen molar-refractivity contribution in [2.45, 2.75) is 40.2 Å². The molecular formula is C16H23NO3. The maximum absolute atomic E-state index is 11.4. The van der Waals surface area contributed by atoms with Crippen LogP contribution in [0.2, 0.25) is 0 Å². The molecule has 0 radical (unpaired) electrons. The third-order valence-corrected chi connectivity index (χ3v) is 2.63. The van der Waals surface area contributed by atoms with Crippen LogP contribution in [0.15, 0.2) is 18.2 Å². The van der Waals surface area contributed by atoms with E-state index in [1.807, 2.05) is 46.8 Å². The number of rotatable bonds is 3. The summed E-state index contributed by atoms with van der Waals surface area (Å²) in [5.41, 5.74) is 2.55. The van der Waals surface area contributed by atoms with Crippen LogP contribution in [-0.4, -0.2) is 23.3 Å². The highest BCUT2D eigenvalue weighted by Crippen LogP contribution is 2.21. The fourth-order valence-electron chi connectivity index (χ4n) is 1.85. The first kappa shape index (κ1) is 16.1. The molecule has 1 rings (SSSR count). The summed E-state index contributed by atoms with van der Waals surface area (Å²) in [6, 6.07) is 3.43. The zero-order valence-electron chi connectivity index (χ0n) is 12.8. The van der Waals surface area contributed by atoms with Gasteiger partial charge in [0.2, 0.25) is 0 Å². The Morgan fingerprint density at radius 1 is 1.30 bits per heavy atom. The van der Waals surface area contributed by atoms with Crippen LogP contribution in [0.3, 0.4) is 0 Å². The molecule has 0 bridgehead atoms. The molecule has 4 heteroatoms. The van der Waals surface area contributed by atoms with Crippen LogP contribution in [0.5, 0.6) is 5.75 Å². The van der Waals surface area contributed by atoms with Crippen LogP contribution in [0.1, 0.15) is 37.5 Å². The Morgan fingerprint density at radius 2 is 1.85 bits per heavy atom. The van der Waals surface area contributed by atoms with Gasteiger partial charge in [-0.1, -0.05) is 12.2 Å². The molecule has 1 aromatic rings. The number of ether oxygens (including phenoxy) is 1. The minimum absolute atomic E-state index is 0.268. The van der Waals surface area contributed by atoms with Crippen LogP contribution in [0.4, 0.5) is 4.79 Å². The molecule has 2 N–H and O–H groups in total. The fourth-order valence-corrected chi connectivity index (χ4v) is 1.85. The van der Waals surface area contributed by atoms with Crippen molar-refractivity contribution in [1.82, 2.24) is 5.32 Å². The van der Waals surface area contributed by atoms with Gasteiger partial charge in [-0.15, -0.1) is 0 Å². The number of hydrogen-bond donors (Lipinski definition) is 2. The molecule has 4 nitrogen and oxygen atoms in total. The van der Waals surface area contributed by atoms with Gasteiger partial charge in [0.05, 0.1) is 0 Å². The lowest BCUT2D eigenvalue weighted by atomic mass is 10.0. The number of amides is 1. The van der Waals surface area contributed by atoms with Crippen LogP contribution in [-0.2, 0) is 4.74 Å². The number of carbonyl (C=O) groups is 1. The van der Waals surface area contributed by atoms with Gasteiger partial charge in [0.25, 0.3) is 0 Å². The van der Waals surface area contributed by atoms with E-state index in [2.05, 4.69) is 5.32 Å². The normalized spacial score (nSPS) is 11.7. The van der Waals surface area contributed by atoms with E-state index < -0.39 is 11.7 Å². The highest BCUT2D eigenvalue weighted by atomic mass is 16.6. The number of benzene rings is 1. The van der Waals surface area contributed by atoms with Gasteiger partial charge in [-0.3, -0.25) is 0 Å². The summed E-state index contributed by atoms with van der Waals surface area (Å²) in [6.45, 7) is 9.75. The molecule has 0 saturated carbocycles. The summed E-state index contributed by atoms with van der Waals surface area (Å²) in [4.78, 5) is 11.4. The third-order valence-electron chi connectivity index (χ3n) is 2.63. The molecule has 0 unspecified atom stereocenters. The molecule has 0 heterocycles. The number of carbonyl (C=O) groups excluding carboxylic acids is 1. The van der Waals surface area contributed by atoms with Gasteiger partial charge in [0.15, 0.2) is 0 Å². The summed E-state index contributed by atoms with van der Waals surface area (Å²) in [5.74, 6) is 0.268. The average Bonchev–Trinajstić information content (AvgIpc) is 2.23. The molecule has 0 spiro atoms. The first-order chi connectivity index (χ1) is 9.19. The second-order valence-corrected chi connectivity index (χ2v) is 5.78. The lowest BCUT2D eigenvalue weighted by Gasteiger charge is -2.19. The smallest absolute Gasteiger partial charge is 0.407 e. The summed E-state index contributed by atoms with van der Waals surface area (Å²) < 4.78 is 5.14. The zero-order chi connectivity index (χ0) is 15.3. The lowest BCUT2D eigenvalue weighted by Crippen LogP contribution is -2.32. The summed E-state index contributed by atoms with van der Waals surface area (Å²) in [6.07, 6.45) is 3.36. The predicted molar refractivity (Wildman–Crippen MR) is 80.9 cm³/mol. The SMILES string of the molecule is Cc1cc(O)cc(C)c1C=CCNC(=O)OC(C)(C)C. The topological polar surface area (TPSA) is 58.6 Å². The van der Waals surface area contributed by atoms with Gasteiger partial charge in [0, 0.05) is 6.54 Å². The number of aromatic hydroxyl groups is 1. The van der Waals surface area contributed by atoms with Crippen molar-refractivity contribution in [1.29, 1.82) is 0 Å². The Morgan fingerprint density at radius 3 is 2.35 bits per heavy atom. The first-order valence-corrected chi connectivity index (χ1v) is 6.62. The zero-order valence-corrected chi connectivity index (χ0v) is 12.8. The molecular weight excluding hydrogens is 254 g/mol. The van der Waals surface area contributed by atoms with Gasteiger partial charge in [0.1, 0.15) is 11.4 Å². The maximum Gasteiger partial charge on any atom is 0.407 e. The van der Waals surface area contributed by atoms with Crippen molar-refractivity contribution in [3.63, 3.8) is 0 Å². The predicted octanol–water partition coefficient (Wildman–Crippen LogP) is 3.55. The molecule has 0 aliphatic carbocycles. The highest BCUT2D eigenvalue weighted by molar-refractivity contribution is 5.68. The number of aryl methyl sites for hydroxylation is 2. The number of hydrogen-bond acceptors (Lipinski definition) is 3. The molecule has 110 valence electrons. The Hall–Kier alpha value is -1.97. The second kappa shape index (κ2) is 6.46. The molecule has 0 atom stereocenters. The minimum Gasteiger partial charge on any atom is -0.508 e. The van der Waals surface area contributed by atoms with Crippen molar-refractivity contribution >= 4 is 12.2 Å². The average molecular weight is 277 g/mol. The van der Waals surface area contributed by atoms with Gasteiger partial charge in [-0.25, -0.2) is 4.79 Å². The molecule has 0 aromatic heterocycles. The van der Waals surface area contributed by atoms with E-state index in [0.717, 1.165) is 16.7 Å². The van der Waals surface area contributed by atoms with Crippen molar-refractivity contribution in [2.75, 3.05) is 6.54 Å². The molecule has 1 aromatic carbocycles. The Bertz CT molecular complexity index is 490. The first-order valence-electron chi connectivity index (χ1n) is 6.62. The molecule has 0 aliphatic rings. The minimum atomic E-state index is -0.488. The van der Waals surface area contributed by atoms with Gasteiger partial charge < -0.3 is 15.2 Å². The molecule has 0 aliphatic heterocycles. The quantitative estimate of drug-likeness (QED) is 0.888. The largest absolute Gasteiger partial charge is 0.508 e. The fraction of sp³-hybridized carbons (Fsp3) is 0.438. The molecule has 0 fully saturated rings. The van der Waals surface area contributed by atoms with Crippen LogP contribution in [0.25, 0.3) is 6.08 Å². The number of alkyl carbamates (subject to hydrolysis) is 1. The van der Waals surface area contributed by atoms with E-state index in [-0.39, 0.29) is 5.75 Å². The third kappa shape index (κ3) is 5.34. The molecule has 20 heavy (non-hydrogen) atoms. The van der Waals surface area contributed by atoms with E-state index in [4.69, 9.17) is 4.74 Å². The van der Waals surface area contributed by atoms with Crippen LogP contribution < -0.4 is 5.32 Å². The van der Waals surface area contributed by atoms with Crippen molar-refractivity contribution < 1.29 is 14.6 Å². The van der Waals surface area contributed by atoms with E-state index in [1.54, 1.807) is 12.1 Å². The Balaban J connectivity index is 2.56. The van der Waals surface area contributed by atoms with Crippen molar-refractivity contribution in [3.8, 4) is 5.75 Å². The van der Waals surface area contributed by atoms with E-state index in [9.17, 15) is 9.90 Å². The van der Waals surface area contributed by atoms with Gasteiger partial charge in [-0.2, -0.15) is 0 Å². The number of nitrogens with one attached hydrogen (secondary N) is 1. The van der Waals surface area contributed by atoms with Gasteiger partial charge >= 0.3 is 6.09 Å². The second-order valence-electron chi connectivity index (χ2n) is 5.78. The van der Waals surface area contributed by atoms with Crippen LogP contribution >= 0.6 is 0 Å². The number of phenolic OH excluding ortho intramolecular Hbond substituents is 1. The van der Waals surface area contributed by atoms with E-state index >= 15 is 0 Å². The van der Waals surface area contributed by atoms with Crippen molar-refractivity contribution in [3.05, 3.63) is 34.9 Å². The van der Waals surface area contributed by atoms with Gasteiger partial charge in [-0.05, 0) is 63.4 Å². The highest BCUT2D eigenvalue weighted by Gasteiger charge is 2.14. The summed E-state index contributed by atoms with van der Waals surface area (Å²) in [7, 11) is 0. The number of phenols is 1. The van der Waals surface area contributed by atoms with E-state index in [0.29, 0.717) is 6.54 Å². The van der Waals surface area contributed by atoms with E-state index in [1.165, 1.54) is 0 Å². The standard InChI is InChI=1S/C16H23NO3/c1-11-9-13(18)10-12(2)14(11)7-6-8-17-15(19)20-16(3,4)5/h6-7,9-10,18H,8H2,1-5H3,(H,17,19). The molecule has 1 amide bonds. The molecule has 0 saturated heterocycles. The summed E-state index contributed by atoms with van der Waals surface area (Å²) >= 11 is 0. The van der Waals surface area contributed by atoms with Crippen molar-refractivity contribution in [2.24, 2.45) is 0 Å². The maximum atomic E-state index is 11.4. The Kier molecular flexibility index (Phi) is 5.19. The monoisotopic (exact) mass is 277 g/mol. The Labute approximate surface area is 120 Å². The summed E-state index contributed by atoms with van der Waals surface area (Å²) in [5, 5.41) is 12.1. The lowest BCUT2D eigenvalue weighted by molar-refractivity contribution is 0.0534. The van der Waals surface area contributed by atoms with Crippen LogP contribution in [0, 0.1) is 13.8 Å².